The van der Waals surface area contributed by atoms with Crippen molar-refractivity contribution in [1.29, 1.82) is 0 Å². The Kier molecular flexibility index (Phi) is 6.68. The summed E-state index contributed by atoms with van der Waals surface area (Å²) in [5, 5.41) is 8.04. The Labute approximate surface area is 158 Å². The van der Waals surface area contributed by atoms with Crippen molar-refractivity contribution in [3.63, 3.8) is 0 Å². The third kappa shape index (κ3) is 5.67. The van der Waals surface area contributed by atoms with Crippen LogP contribution in [-0.4, -0.2) is 18.2 Å². The summed E-state index contributed by atoms with van der Waals surface area (Å²) in [5.74, 6) is -0.245. The maximum absolute atomic E-state index is 12.0. The number of nitrogens with one attached hydrogen (secondary N) is 2. The van der Waals surface area contributed by atoms with Gasteiger partial charge in [-0.15, -0.1) is 0 Å². The van der Waals surface area contributed by atoms with Gasteiger partial charge in [-0.05, 0) is 65.9 Å². The summed E-state index contributed by atoms with van der Waals surface area (Å²) in [6.07, 6.45) is 1.48. The summed E-state index contributed by atoms with van der Waals surface area (Å²) in [7, 11) is 0. The number of hydrazone groups is 1. The monoisotopic (exact) mass is 461 g/mol. The molecule has 0 radical (unpaired) electrons. The fraction of sp³-hybridized carbons (Fsp3) is 0.125. The minimum absolute atomic E-state index is 0.245. The van der Waals surface area contributed by atoms with Crippen LogP contribution >= 0.6 is 45.8 Å². The van der Waals surface area contributed by atoms with E-state index in [1.54, 1.807) is 25.1 Å². The normalized spacial score (nSPS) is 12.2. The van der Waals surface area contributed by atoms with Crippen LogP contribution in [0.2, 0.25) is 10.0 Å². The smallest absolute Gasteiger partial charge is 0.262 e. The number of amides is 1. The minimum Gasteiger partial charge on any atom is -0.374 e. The second-order valence-electron chi connectivity index (χ2n) is 4.77. The first-order chi connectivity index (χ1) is 11.0. The molecular weight excluding hydrogens is 448 g/mol. The van der Waals surface area contributed by atoms with Crippen molar-refractivity contribution >= 4 is 63.6 Å². The number of carbonyl (C=O) groups is 1. The van der Waals surface area contributed by atoms with Crippen molar-refractivity contribution in [3.05, 3.63) is 61.6 Å². The second-order valence-corrected chi connectivity index (χ2v) is 6.86. The maximum atomic E-state index is 12.0. The van der Waals surface area contributed by atoms with Gasteiger partial charge in [-0.3, -0.25) is 4.79 Å². The van der Waals surface area contributed by atoms with Crippen LogP contribution in [0, 0.1) is 3.57 Å². The molecule has 23 heavy (non-hydrogen) atoms. The number of halogens is 3. The Hall–Kier alpha value is -1.31. The van der Waals surface area contributed by atoms with Crippen LogP contribution in [0.15, 0.2) is 47.6 Å². The van der Waals surface area contributed by atoms with E-state index in [4.69, 9.17) is 23.2 Å². The molecule has 0 aliphatic heterocycles. The third-order valence-corrected chi connectivity index (χ3v) is 4.24. The molecule has 0 spiro atoms. The highest BCUT2D eigenvalue weighted by molar-refractivity contribution is 14.1. The topological polar surface area (TPSA) is 53.5 Å². The van der Waals surface area contributed by atoms with E-state index in [2.05, 4.69) is 38.4 Å². The average molecular weight is 462 g/mol. The van der Waals surface area contributed by atoms with Gasteiger partial charge in [0, 0.05) is 19.8 Å². The minimum atomic E-state index is -0.423. The molecule has 1 amide bonds. The van der Waals surface area contributed by atoms with E-state index in [1.165, 1.54) is 6.21 Å². The number of rotatable bonds is 5. The van der Waals surface area contributed by atoms with Gasteiger partial charge >= 0.3 is 0 Å². The molecule has 0 fully saturated rings. The number of nitrogens with zero attached hydrogens (tertiary/aromatic N) is 1. The summed E-state index contributed by atoms with van der Waals surface area (Å²) in [5.41, 5.74) is 4.03. The standard InChI is InChI=1S/C16H14Cl2IN3O/c1-10(21-14-6-4-13(19)5-7-14)16(23)22-20-9-11-2-3-12(17)8-15(11)18/h2-10,21H,1H3,(H,22,23)/b20-9+. The van der Waals surface area contributed by atoms with Gasteiger partial charge in [-0.1, -0.05) is 29.3 Å². The highest BCUT2D eigenvalue weighted by Gasteiger charge is 2.11. The zero-order valence-electron chi connectivity index (χ0n) is 12.2. The van der Waals surface area contributed by atoms with Gasteiger partial charge in [0.1, 0.15) is 6.04 Å². The van der Waals surface area contributed by atoms with Crippen molar-refractivity contribution in [1.82, 2.24) is 5.43 Å². The number of carbonyl (C=O) groups excluding carboxylic acids is 1. The lowest BCUT2D eigenvalue weighted by Crippen LogP contribution is -2.34. The van der Waals surface area contributed by atoms with Crippen molar-refractivity contribution in [3.8, 4) is 0 Å². The molecule has 120 valence electrons. The van der Waals surface area contributed by atoms with Crippen molar-refractivity contribution in [2.75, 3.05) is 5.32 Å². The lowest BCUT2D eigenvalue weighted by molar-refractivity contribution is -0.121. The maximum Gasteiger partial charge on any atom is 0.262 e. The molecule has 2 aromatic carbocycles. The first-order valence-electron chi connectivity index (χ1n) is 6.76. The van der Waals surface area contributed by atoms with Crippen molar-refractivity contribution < 1.29 is 4.79 Å². The zero-order valence-corrected chi connectivity index (χ0v) is 15.9. The third-order valence-electron chi connectivity index (χ3n) is 2.96. The van der Waals surface area contributed by atoms with E-state index >= 15 is 0 Å². The molecule has 0 aliphatic carbocycles. The SMILES string of the molecule is CC(Nc1ccc(I)cc1)C(=O)N/N=C/c1ccc(Cl)cc1Cl. The van der Waals surface area contributed by atoms with Crippen LogP contribution in [0.5, 0.6) is 0 Å². The van der Waals surface area contributed by atoms with E-state index in [9.17, 15) is 4.79 Å². The molecule has 0 saturated carbocycles. The molecular formula is C16H14Cl2IN3O. The fourth-order valence-electron chi connectivity index (χ4n) is 1.73. The average Bonchev–Trinajstić information content (AvgIpc) is 2.51. The fourth-order valence-corrected chi connectivity index (χ4v) is 2.55. The van der Waals surface area contributed by atoms with Crippen LogP contribution in [0.25, 0.3) is 0 Å². The summed E-state index contributed by atoms with van der Waals surface area (Å²) in [6, 6.07) is 12.4. The number of anilines is 1. The van der Waals surface area contributed by atoms with Gasteiger partial charge in [0.2, 0.25) is 0 Å². The Balaban J connectivity index is 1.90. The van der Waals surface area contributed by atoms with Crippen molar-refractivity contribution in [2.45, 2.75) is 13.0 Å². The molecule has 7 heteroatoms. The molecule has 1 unspecified atom stereocenters. The lowest BCUT2D eigenvalue weighted by atomic mass is 10.2. The summed E-state index contributed by atoms with van der Waals surface area (Å²) >= 11 is 14.1. The van der Waals surface area contributed by atoms with Crippen molar-refractivity contribution in [2.24, 2.45) is 5.10 Å². The van der Waals surface area contributed by atoms with Gasteiger partial charge in [-0.2, -0.15) is 5.10 Å². The van der Waals surface area contributed by atoms with Gasteiger partial charge in [0.15, 0.2) is 0 Å². The van der Waals surface area contributed by atoms with Gasteiger partial charge in [0.05, 0.1) is 11.2 Å². The lowest BCUT2D eigenvalue weighted by Gasteiger charge is -2.13. The van der Waals surface area contributed by atoms with Gasteiger partial charge < -0.3 is 5.32 Å². The van der Waals surface area contributed by atoms with E-state index in [1.807, 2.05) is 24.3 Å². The predicted octanol–water partition coefficient (Wildman–Crippen LogP) is 4.55. The van der Waals surface area contributed by atoms with Crippen LogP contribution in [0.1, 0.15) is 12.5 Å². The number of hydrogen-bond donors (Lipinski definition) is 2. The predicted molar refractivity (Wildman–Crippen MR) is 104 cm³/mol. The highest BCUT2D eigenvalue weighted by atomic mass is 127. The van der Waals surface area contributed by atoms with E-state index in [-0.39, 0.29) is 5.91 Å². The van der Waals surface area contributed by atoms with Crippen LogP contribution in [-0.2, 0) is 4.79 Å². The molecule has 0 aromatic heterocycles. The summed E-state index contributed by atoms with van der Waals surface area (Å²) < 4.78 is 1.13. The van der Waals surface area contributed by atoms with E-state index in [0.717, 1.165) is 9.26 Å². The molecule has 1 atom stereocenters. The summed E-state index contributed by atoms with van der Waals surface area (Å²) in [4.78, 5) is 12.0. The Morgan fingerprint density at radius 1 is 1.22 bits per heavy atom. The molecule has 2 N–H and O–H groups in total. The molecule has 0 bridgehead atoms. The van der Waals surface area contributed by atoms with Crippen LogP contribution in [0.3, 0.4) is 0 Å². The van der Waals surface area contributed by atoms with E-state index < -0.39 is 6.04 Å². The molecule has 4 nitrogen and oxygen atoms in total. The first-order valence-corrected chi connectivity index (χ1v) is 8.59. The van der Waals surface area contributed by atoms with Crippen LogP contribution in [0.4, 0.5) is 5.69 Å². The number of benzene rings is 2. The first kappa shape index (κ1) is 18.0. The molecule has 0 aliphatic rings. The Bertz CT molecular complexity index is 720. The Morgan fingerprint density at radius 2 is 1.91 bits per heavy atom. The highest BCUT2D eigenvalue weighted by Crippen LogP contribution is 2.19. The molecule has 0 saturated heterocycles. The molecule has 0 heterocycles. The summed E-state index contributed by atoms with van der Waals surface area (Å²) in [6.45, 7) is 1.76. The largest absolute Gasteiger partial charge is 0.374 e. The molecule has 2 aromatic rings. The Morgan fingerprint density at radius 3 is 2.57 bits per heavy atom. The quantitative estimate of drug-likeness (QED) is 0.390. The van der Waals surface area contributed by atoms with E-state index in [0.29, 0.717) is 15.6 Å². The second kappa shape index (κ2) is 8.52. The number of hydrogen-bond acceptors (Lipinski definition) is 3. The van der Waals surface area contributed by atoms with Gasteiger partial charge in [-0.25, -0.2) is 5.43 Å². The zero-order chi connectivity index (χ0) is 16.8. The van der Waals surface area contributed by atoms with Gasteiger partial charge in [0.25, 0.3) is 5.91 Å². The van der Waals surface area contributed by atoms with Crippen LogP contribution < -0.4 is 10.7 Å². The molecule has 2 rings (SSSR count).